The van der Waals surface area contributed by atoms with Crippen LogP contribution in [0.3, 0.4) is 0 Å². The van der Waals surface area contributed by atoms with Crippen molar-refractivity contribution >= 4 is 34.8 Å². The molecule has 5 aromatic rings. The van der Waals surface area contributed by atoms with E-state index in [0.29, 0.717) is 77.0 Å². The van der Waals surface area contributed by atoms with Crippen LogP contribution in [0.25, 0.3) is 44.4 Å². The van der Waals surface area contributed by atoms with Gasteiger partial charge in [0.1, 0.15) is 23.7 Å². The predicted molar refractivity (Wildman–Crippen MR) is 269 cm³/mol. The number of piperidine rings is 2. The predicted octanol–water partition coefficient (Wildman–Crippen LogP) is 9.56. The zero-order valence-electron chi connectivity index (χ0n) is 40.2. The van der Waals surface area contributed by atoms with Crippen molar-refractivity contribution in [2.24, 2.45) is 23.7 Å². The van der Waals surface area contributed by atoms with E-state index in [-0.39, 0.29) is 41.4 Å². The number of alkyl carbamates (subject to hydrolysis) is 2. The minimum absolute atomic E-state index is 0. The molecule has 0 unspecified atom stereocenters. The molecule has 4 aliphatic rings. The molecule has 4 amide bonds. The highest BCUT2D eigenvalue weighted by atomic mass is 16.5. The van der Waals surface area contributed by atoms with Crippen molar-refractivity contribution in [1.29, 1.82) is 0 Å². The van der Waals surface area contributed by atoms with Crippen molar-refractivity contribution in [3.8, 4) is 33.6 Å². The van der Waals surface area contributed by atoms with E-state index < -0.39 is 24.3 Å². The maximum atomic E-state index is 14.5. The molecule has 4 N–H and O–H groups in total. The third kappa shape index (κ3) is 10.7. The molecule has 4 saturated heterocycles. The molecule has 69 heavy (non-hydrogen) atoms. The number of hydrogen-bond acceptors (Lipinski definition) is 10. The van der Waals surface area contributed by atoms with Crippen molar-refractivity contribution in [3.63, 3.8) is 0 Å². The van der Waals surface area contributed by atoms with Gasteiger partial charge in [-0.25, -0.2) is 19.6 Å². The number of nitrogens with one attached hydrogen (secondary N) is 4. The summed E-state index contributed by atoms with van der Waals surface area (Å²) in [4.78, 5) is 74.3. The van der Waals surface area contributed by atoms with Gasteiger partial charge in [0.2, 0.25) is 11.8 Å². The first-order valence-corrected chi connectivity index (χ1v) is 24.8. The lowest BCUT2D eigenvalue weighted by atomic mass is 9.86. The van der Waals surface area contributed by atoms with Crippen molar-refractivity contribution in [1.82, 2.24) is 40.4 Å². The lowest BCUT2D eigenvalue weighted by molar-refractivity contribution is -0.141. The molecular weight excluding hydrogens is 877 g/mol. The van der Waals surface area contributed by atoms with E-state index in [9.17, 15) is 19.2 Å². The first kappa shape index (κ1) is 47.8. The normalized spacial score (nSPS) is 22.4. The van der Waals surface area contributed by atoms with Gasteiger partial charge in [-0.2, -0.15) is 0 Å². The summed E-state index contributed by atoms with van der Waals surface area (Å²) in [6, 6.07) is 19.4. The number of methoxy groups -OCH3 is 2. The largest absolute Gasteiger partial charge is 0.453 e. The summed E-state index contributed by atoms with van der Waals surface area (Å²) in [5.41, 5.74) is 5.90. The molecule has 3 aromatic carbocycles. The monoisotopic (exact) mass is 951 g/mol. The average molecular weight is 951 g/mol. The quantitative estimate of drug-likeness (QED) is 0.0936. The first-order valence-electron chi connectivity index (χ1n) is 24.8. The number of benzene rings is 3. The second-order valence-electron chi connectivity index (χ2n) is 19.4. The summed E-state index contributed by atoms with van der Waals surface area (Å²) >= 11 is 0. The average Bonchev–Trinajstić information content (AvgIpc) is 4.11. The van der Waals surface area contributed by atoms with Crippen LogP contribution in [-0.2, 0) is 28.5 Å². The molecule has 4 fully saturated rings. The minimum atomic E-state index is -0.703. The number of ether oxygens (including phenoxy) is 4. The number of carbonyl (C=O) groups excluding carboxylic acids is 4. The molecule has 0 saturated carbocycles. The Bertz CT molecular complexity index is 2610. The molecule has 2 aromatic heterocycles. The van der Waals surface area contributed by atoms with Gasteiger partial charge in [0, 0.05) is 50.8 Å². The van der Waals surface area contributed by atoms with E-state index in [1.165, 1.54) is 14.2 Å². The number of rotatable bonds is 12. The Labute approximate surface area is 409 Å². The summed E-state index contributed by atoms with van der Waals surface area (Å²) in [6.45, 7) is 7.72. The molecule has 6 atom stereocenters. The van der Waals surface area contributed by atoms with Gasteiger partial charge in [0.25, 0.3) is 0 Å². The highest BCUT2D eigenvalue weighted by Crippen LogP contribution is 2.38. The second-order valence-corrected chi connectivity index (χ2v) is 19.4. The Balaban J connectivity index is 0.00000247. The van der Waals surface area contributed by atoms with Crippen LogP contribution < -0.4 is 10.6 Å². The molecule has 16 nitrogen and oxygen atoms in total. The Morgan fingerprint density at radius 2 is 1.10 bits per heavy atom. The van der Waals surface area contributed by atoms with Crippen LogP contribution in [-0.4, -0.2) is 120 Å². The summed E-state index contributed by atoms with van der Waals surface area (Å²) < 4.78 is 21.0. The standard InChI is InChI=1S/C53H66N8O8.4H2/c1-5-33-7-17-45(61(31-33)51(63)47(59-53(65)67-4)37-20-24-69-25-21-37)49-55-29-43(57-49)41-15-14-39-26-38(12-13-40(39)27-41)34-8-10-35(11-9-34)42-28-54-48(56-42)44-16-6-32(2)30-60(44)50(62)46(58-52(64)66-3)36-18-22-68-23-19-36;;;;/h8-15,26-29,32-33,36-37,44-47H,5-7,16-25,30-31H2,1-4H3,(H,54,56)(H,55,57)(H,58,64)(H,59,65);4*1H/t32-,33-,44-,45-,46-,47-;;;;/m0..../s1. The topological polar surface area (TPSA) is 193 Å². The van der Waals surface area contributed by atoms with Gasteiger partial charge in [-0.3, -0.25) is 9.59 Å². The van der Waals surface area contributed by atoms with Gasteiger partial charge >= 0.3 is 12.2 Å². The van der Waals surface area contributed by atoms with Gasteiger partial charge in [-0.1, -0.05) is 68.8 Å². The second kappa shape index (κ2) is 21.6. The van der Waals surface area contributed by atoms with E-state index in [0.717, 1.165) is 88.2 Å². The number of amides is 4. The van der Waals surface area contributed by atoms with Crippen LogP contribution in [0.1, 0.15) is 101 Å². The van der Waals surface area contributed by atoms with Gasteiger partial charge < -0.3 is 49.3 Å². The van der Waals surface area contributed by atoms with Gasteiger partial charge in [0.15, 0.2) is 0 Å². The maximum absolute atomic E-state index is 14.5. The van der Waals surface area contributed by atoms with Crippen LogP contribution in [0, 0.1) is 23.7 Å². The van der Waals surface area contributed by atoms with Gasteiger partial charge in [-0.15, -0.1) is 0 Å². The molecule has 0 bridgehead atoms. The molecule has 9 rings (SSSR count). The molecule has 16 heteroatoms. The molecule has 0 aliphatic carbocycles. The number of nitrogens with zero attached hydrogens (tertiary/aromatic N) is 4. The third-order valence-electron chi connectivity index (χ3n) is 15.1. The number of likely N-dealkylation sites (tertiary alicyclic amines) is 2. The third-order valence-corrected chi connectivity index (χ3v) is 15.1. The molecule has 4 aliphatic heterocycles. The lowest BCUT2D eigenvalue weighted by Gasteiger charge is -2.42. The van der Waals surface area contributed by atoms with Crippen LogP contribution in [0.5, 0.6) is 0 Å². The summed E-state index contributed by atoms with van der Waals surface area (Å²) in [7, 11) is 2.64. The maximum Gasteiger partial charge on any atom is 0.407 e. The first-order chi connectivity index (χ1) is 33.6. The molecular formula is C53H74N8O8. The zero-order valence-corrected chi connectivity index (χ0v) is 40.2. The van der Waals surface area contributed by atoms with Crippen LogP contribution >= 0.6 is 0 Å². The van der Waals surface area contributed by atoms with Crippen LogP contribution in [0.4, 0.5) is 9.59 Å². The Morgan fingerprint density at radius 1 is 0.638 bits per heavy atom. The molecule has 0 radical (unpaired) electrons. The van der Waals surface area contributed by atoms with E-state index in [1.54, 1.807) is 0 Å². The summed E-state index contributed by atoms with van der Waals surface area (Å²) in [5.74, 6) is 1.87. The number of hydrogen-bond donors (Lipinski definition) is 4. The number of fused-ring (bicyclic) bond motifs is 1. The minimum Gasteiger partial charge on any atom is -0.453 e. The number of imidazole rings is 2. The fourth-order valence-electron chi connectivity index (χ4n) is 10.9. The van der Waals surface area contributed by atoms with Crippen LogP contribution in [0.15, 0.2) is 73.1 Å². The summed E-state index contributed by atoms with van der Waals surface area (Å²) in [6.07, 6.45) is 9.68. The Morgan fingerprint density at radius 3 is 1.64 bits per heavy atom. The van der Waals surface area contributed by atoms with Crippen molar-refractivity contribution in [3.05, 3.63) is 84.7 Å². The molecule has 0 spiro atoms. The number of carbonyl (C=O) groups is 4. The van der Waals surface area contributed by atoms with Crippen molar-refractivity contribution in [2.75, 3.05) is 53.7 Å². The number of aromatic amines is 2. The van der Waals surface area contributed by atoms with Gasteiger partial charge in [0.05, 0.1) is 50.1 Å². The Hall–Kier alpha value is -6.26. The van der Waals surface area contributed by atoms with E-state index in [2.05, 4.69) is 95.1 Å². The smallest absolute Gasteiger partial charge is 0.407 e. The zero-order chi connectivity index (χ0) is 48.0. The highest BCUT2D eigenvalue weighted by molar-refractivity contribution is 5.91. The van der Waals surface area contributed by atoms with E-state index in [1.807, 2.05) is 22.2 Å². The van der Waals surface area contributed by atoms with E-state index >= 15 is 0 Å². The van der Waals surface area contributed by atoms with E-state index in [4.69, 9.17) is 28.9 Å². The molecule has 374 valence electrons. The van der Waals surface area contributed by atoms with Gasteiger partial charge in [-0.05, 0) is 115 Å². The van der Waals surface area contributed by atoms with Crippen LogP contribution in [0.2, 0.25) is 0 Å². The number of H-pyrrole nitrogens is 2. The Kier molecular flexibility index (Phi) is 14.9. The van der Waals surface area contributed by atoms with Crippen molar-refractivity contribution in [2.45, 2.75) is 95.8 Å². The number of aromatic nitrogens is 4. The SMILES string of the molecule is CC[C@H]1CC[C@@H](c2ncc(-c3ccc4cc(-c5ccc(-c6cnc([C@@H]7CC[C@H](C)CN7C(=O)[C@@H](NC(=O)OC)C7CCOCC7)[nH]6)cc5)ccc4c3)[nH]2)N(C(=O)[C@@H](NC(=O)OC)C2CCOCC2)C1.[HH].[HH].[HH].[HH]. The fourth-order valence-corrected chi connectivity index (χ4v) is 10.9. The van der Waals surface area contributed by atoms with Crippen molar-refractivity contribution < 1.29 is 43.8 Å². The highest BCUT2D eigenvalue weighted by Gasteiger charge is 2.42. The fraction of sp³-hybridized carbons (Fsp3) is 0.509. The lowest BCUT2D eigenvalue weighted by Crippen LogP contribution is -2.55. The summed E-state index contributed by atoms with van der Waals surface area (Å²) in [5, 5.41) is 7.93. The molecule has 6 heterocycles.